The summed E-state index contributed by atoms with van der Waals surface area (Å²) in [7, 11) is -0.365. The van der Waals surface area contributed by atoms with Crippen LogP contribution in [0, 0.1) is 0 Å². The van der Waals surface area contributed by atoms with Crippen molar-refractivity contribution in [3.8, 4) is 101 Å². The quantitative estimate of drug-likeness (QED) is 0.127. The molecule has 104 heavy (non-hydrogen) atoms. The molecule has 1 fully saturated rings. The van der Waals surface area contributed by atoms with Crippen molar-refractivity contribution in [2.45, 2.75) is 38.9 Å². The predicted molar refractivity (Wildman–Crippen MR) is 441 cm³/mol. The first kappa shape index (κ1) is 65.8. The zero-order valence-electron chi connectivity index (χ0n) is 57.7. The Morgan fingerprint density at radius 3 is 1.04 bits per heavy atom. The lowest BCUT2D eigenvalue weighted by atomic mass is 9.78. The number of fused-ring (bicyclic) bond motifs is 8. The molecule has 1 aliphatic rings. The molecule has 0 atom stereocenters. The van der Waals surface area contributed by atoms with Gasteiger partial charge in [0.05, 0.1) is 33.6 Å². The second kappa shape index (κ2) is 28.0. The summed E-state index contributed by atoms with van der Waals surface area (Å²) in [4.78, 5) is 19.7. The number of hydrogen-bond donors (Lipinski definition) is 0. The number of halogens is 1. The van der Waals surface area contributed by atoms with Gasteiger partial charge in [0.1, 0.15) is 0 Å². The van der Waals surface area contributed by atoms with Crippen LogP contribution in [0.1, 0.15) is 27.7 Å². The standard InChI is InChI=1S/C44H28N2S.C30H27BO2S.C20H13ClN2/c1-3-12-29(13-4-1)30-24-26-31(27-25-30)35-19-10-21-37-38-22-11-20-36(43(38)47-42(35)37)33-16-9-17-34(28-33)44-45-40-23-8-7-18-39(40)41(46-44)32-14-5-2-6-15-32;1-29(2)30(3,4)33-31(32-29)26-15-9-14-25-24-13-8-12-23(27(24)34-28(25)26)22-18-16-21(17-19-22)20-10-6-5-7-11-20;21-16-10-6-9-15(13-16)20-22-18-12-5-4-11-17(18)19(23-20)14-7-2-1-3-8-14/h1-28H;5-19H,1-4H3;1-13H. The lowest BCUT2D eigenvalue weighted by Crippen LogP contribution is -2.41. The van der Waals surface area contributed by atoms with Crippen molar-refractivity contribution in [2.24, 2.45) is 0 Å². The molecule has 18 aromatic rings. The first-order chi connectivity index (χ1) is 50.9. The third-order valence-electron chi connectivity index (χ3n) is 20.0. The molecule has 14 aromatic carbocycles. The van der Waals surface area contributed by atoms with Crippen LogP contribution in [0.2, 0.25) is 5.02 Å². The Morgan fingerprint density at radius 1 is 0.269 bits per heavy atom. The van der Waals surface area contributed by atoms with Crippen LogP contribution in [-0.4, -0.2) is 38.3 Å². The topological polar surface area (TPSA) is 70.0 Å². The van der Waals surface area contributed by atoms with E-state index in [1.165, 1.54) is 90.4 Å². The second-order valence-electron chi connectivity index (χ2n) is 27.1. The van der Waals surface area contributed by atoms with Crippen LogP contribution in [0.15, 0.2) is 340 Å². The van der Waals surface area contributed by atoms with Gasteiger partial charge in [-0.05, 0) is 119 Å². The maximum absolute atomic E-state index is 6.41. The maximum atomic E-state index is 6.41. The summed E-state index contributed by atoms with van der Waals surface area (Å²) in [5.74, 6) is 1.42. The number of benzene rings is 14. The molecule has 5 heterocycles. The Kier molecular flexibility index (Phi) is 17.7. The maximum Gasteiger partial charge on any atom is 0.496 e. The first-order valence-electron chi connectivity index (χ1n) is 35.0. The molecule has 0 saturated carbocycles. The highest BCUT2D eigenvalue weighted by molar-refractivity contribution is 7.27. The number of rotatable bonds is 10. The smallest absolute Gasteiger partial charge is 0.399 e. The van der Waals surface area contributed by atoms with Crippen LogP contribution in [0.4, 0.5) is 0 Å². The molecule has 1 aliphatic heterocycles. The van der Waals surface area contributed by atoms with E-state index in [0.717, 1.165) is 72.3 Å². The van der Waals surface area contributed by atoms with E-state index in [1.54, 1.807) is 0 Å². The normalized spacial score (nSPS) is 13.1. The Hall–Kier alpha value is -11.5. The zero-order chi connectivity index (χ0) is 70.3. The fraction of sp³-hybridized carbons (Fsp3) is 0.0638. The van der Waals surface area contributed by atoms with Gasteiger partial charge >= 0.3 is 7.12 Å². The minimum absolute atomic E-state index is 0.359. The molecular weight excluding hydrogens is 1330 g/mol. The van der Waals surface area contributed by atoms with Gasteiger partial charge in [0.15, 0.2) is 11.6 Å². The van der Waals surface area contributed by atoms with E-state index in [4.69, 9.17) is 40.8 Å². The van der Waals surface area contributed by atoms with Gasteiger partial charge in [-0.3, -0.25) is 0 Å². The highest BCUT2D eigenvalue weighted by Crippen LogP contribution is 2.46. The van der Waals surface area contributed by atoms with Gasteiger partial charge in [-0.25, -0.2) is 19.9 Å². The van der Waals surface area contributed by atoms with Crippen molar-refractivity contribution in [3.63, 3.8) is 0 Å². The second-order valence-corrected chi connectivity index (χ2v) is 29.6. The lowest BCUT2D eigenvalue weighted by molar-refractivity contribution is 0.00578. The third kappa shape index (κ3) is 12.8. The monoisotopic (exact) mass is 1390 g/mol. The fourth-order valence-electron chi connectivity index (χ4n) is 13.9. The average molecular weight is 1400 g/mol. The van der Waals surface area contributed by atoms with Crippen molar-refractivity contribution >= 4 is 109 Å². The summed E-state index contributed by atoms with van der Waals surface area (Å²) < 4.78 is 18.0. The SMILES string of the molecule is CC1(C)OB(c2cccc3c2sc2c(-c4ccc(-c5ccccc5)cc4)cccc23)OC1(C)C.Clc1cccc(-c2nc(-c3ccccc3)c3ccccc3n2)c1.c1ccc(-c2ccc(-c3cccc4c3sc3c(-c5cccc(-c6nc(-c7ccccc7)c7ccccc7n6)c5)cccc34)cc2)cc1. The van der Waals surface area contributed by atoms with Gasteiger partial charge in [-0.1, -0.05) is 321 Å². The predicted octanol–water partition coefficient (Wildman–Crippen LogP) is 25.6. The van der Waals surface area contributed by atoms with E-state index >= 15 is 0 Å². The van der Waals surface area contributed by atoms with Crippen molar-refractivity contribution < 1.29 is 9.31 Å². The largest absolute Gasteiger partial charge is 0.496 e. The summed E-state index contributed by atoms with van der Waals surface area (Å²) in [6.45, 7) is 8.43. The first-order valence-corrected chi connectivity index (χ1v) is 37.0. The van der Waals surface area contributed by atoms with Gasteiger partial charge in [-0.15, -0.1) is 22.7 Å². The van der Waals surface area contributed by atoms with Gasteiger partial charge in [0, 0.05) is 78.5 Å². The molecule has 4 aromatic heterocycles. The van der Waals surface area contributed by atoms with E-state index in [9.17, 15) is 0 Å². The minimum Gasteiger partial charge on any atom is -0.399 e. The average Bonchev–Trinajstić information content (AvgIpc) is 1.57. The van der Waals surface area contributed by atoms with Gasteiger partial charge in [0.25, 0.3) is 0 Å². The molecule has 0 radical (unpaired) electrons. The van der Waals surface area contributed by atoms with Crippen LogP contribution < -0.4 is 5.46 Å². The fourth-order valence-corrected chi connectivity index (χ4v) is 16.9. The van der Waals surface area contributed by atoms with Crippen LogP contribution >= 0.6 is 34.3 Å². The number of aromatic nitrogens is 4. The number of thiophene rings is 2. The number of nitrogens with zero attached hydrogens (tertiary/aromatic N) is 4. The molecule has 10 heteroatoms. The van der Waals surface area contributed by atoms with Crippen LogP contribution in [-0.2, 0) is 9.31 Å². The van der Waals surface area contributed by atoms with Gasteiger partial charge < -0.3 is 9.31 Å². The van der Waals surface area contributed by atoms with Gasteiger partial charge in [0.2, 0.25) is 0 Å². The molecule has 498 valence electrons. The molecule has 19 rings (SSSR count). The lowest BCUT2D eigenvalue weighted by Gasteiger charge is -2.32. The molecule has 0 unspecified atom stereocenters. The highest BCUT2D eigenvalue weighted by atomic mass is 35.5. The third-order valence-corrected chi connectivity index (χ3v) is 22.8. The van der Waals surface area contributed by atoms with Crippen molar-refractivity contribution in [3.05, 3.63) is 345 Å². The molecular formula is C94H68BClN4O2S2. The van der Waals surface area contributed by atoms with E-state index in [-0.39, 0.29) is 18.3 Å². The van der Waals surface area contributed by atoms with Crippen molar-refractivity contribution in [1.29, 1.82) is 0 Å². The molecule has 1 saturated heterocycles. The molecule has 0 amide bonds. The minimum atomic E-state index is -0.365. The molecule has 0 aliphatic carbocycles. The van der Waals surface area contributed by atoms with Gasteiger partial charge in [-0.2, -0.15) is 0 Å². The number of hydrogen-bond acceptors (Lipinski definition) is 8. The van der Waals surface area contributed by atoms with E-state index in [0.29, 0.717) is 10.8 Å². The van der Waals surface area contributed by atoms with E-state index < -0.39 is 0 Å². The molecule has 0 spiro atoms. The van der Waals surface area contributed by atoms with E-state index in [1.807, 2.05) is 95.5 Å². The molecule has 0 N–H and O–H groups in total. The van der Waals surface area contributed by atoms with Crippen molar-refractivity contribution in [1.82, 2.24) is 19.9 Å². The van der Waals surface area contributed by atoms with E-state index in [2.05, 4.69) is 295 Å². The van der Waals surface area contributed by atoms with Crippen LogP contribution in [0.5, 0.6) is 0 Å². The summed E-state index contributed by atoms with van der Waals surface area (Å²) in [5.41, 5.74) is 20.5. The summed E-state index contributed by atoms with van der Waals surface area (Å²) >= 11 is 9.83. The zero-order valence-corrected chi connectivity index (χ0v) is 60.1. The Balaban J connectivity index is 0.000000123. The Labute approximate surface area is 618 Å². The molecule has 6 nitrogen and oxygen atoms in total. The van der Waals surface area contributed by atoms with Crippen LogP contribution in [0.25, 0.3) is 163 Å². The summed E-state index contributed by atoms with van der Waals surface area (Å²) in [6.07, 6.45) is 0. The summed E-state index contributed by atoms with van der Waals surface area (Å²) in [5, 5.41) is 7.89. The van der Waals surface area contributed by atoms with Crippen molar-refractivity contribution in [2.75, 3.05) is 0 Å². The highest BCUT2D eigenvalue weighted by Gasteiger charge is 2.52. The number of para-hydroxylation sites is 2. The Morgan fingerprint density at radius 2 is 0.587 bits per heavy atom. The molecule has 0 bridgehead atoms. The summed E-state index contributed by atoms with van der Waals surface area (Å²) in [6, 6.07) is 119. The van der Waals surface area contributed by atoms with Crippen LogP contribution in [0.3, 0.4) is 0 Å². The Bertz CT molecular complexity index is 6170.